The third kappa shape index (κ3) is 2.90. The summed E-state index contributed by atoms with van der Waals surface area (Å²) in [6.45, 7) is 4.82. The zero-order valence-corrected chi connectivity index (χ0v) is 13.0. The average molecular weight is 295 g/mol. The molecule has 0 saturated carbocycles. The lowest BCUT2D eigenvalue weighted by molar-refractivity contribution is -0.172. The summed E-state index contributed by atoms with van der Waals surface area (Å²) < 4.78 is 5.55. The molecule has 3 nitrogen and oxygen atoms in total. The summed E-state index contributed by atoms with van der Waals surface area (Å²) in [7, 11) is 0. The van der Waals surface area contributed by atoms with Crippen LogP contribution in [0.5, 0.6) is 0 Å². The van der Waals surface area contributed by atoms with Crippen LogP contribution in [0.15, 0.2) is 60.7 Å². The number of nitrogens with zero attached hydrogens (tertiary/aromatic N) is 1. The predicted octanol–water partition coefficient (Wildman–Crippen LogP) is 3.56. The minimum absolute atomic E-state index is 0.101. The number of carbonyl (C=O) groups excluding carboxylic acids is 1. The van der Waals surface area contributed by atoms with Crippen molar-refractivity contribution in [3.8, 4) is 0 Å². The van der Waals surface area contributed by atoms with Crippen molar-refractivity contribution in [2.75, 3.05) is 0 Å². The van der Waals surface area contributed by atoms with Gasteiger partial charge < -0.3 is 4.74 Å². The third-order valence-corrected chi connectivity index (χ3v) is 4.38. The molecule has 0 N–H and O–H groups in total. The van der Waals surface area contributed by atoms with Gasteiger partial charge in [-0.1, -0.05) is 60.7 Å². The van der Waals surface area contributed by atoms with E-state index in [1.807, 2.05) is 55.5 Å². The van der Waals surface area contributed by atoms with Crippen LogP contribution in [-0.4, -0.2) is 23.0 Å². The molecule has 3 heteroatoms. The summed E-state index contributed by atoms with van der Waals surface area (Å²) in [6.07, 6.45) is -0.101. The van der Waals surface area contributed by atoms with Gasteiger partial charge in [0, 0.05) is 12.6 Å². The van der Waals surface area contributed by atoms with Gasteiger partial charge in [0.15, 0.2) is 0 Å². The van der Waals surface area contributed by atoms with E-state index in [1.54, 1.807) is 0 Å². The maximum Gasteiger partial charge on any atom is 0.328 e. The molecule has 3 rings (SSSR count). The van der Waals surface area contributed by atoms with E-state index in [9.17, 15) is 4.79 Å². The minimum Gasteiger partial charge on any atom is -0.460 e. The van der Waals surface area contributed by atoms with Gasteiger partial charge in [-0.3, -0.25) is 4.90 Å². The molecule has 1 aliphatic rings. The molecule has 1 saturated heterocycles. The molecule has 22 heavy (non-hydrogen) atoms. The van der Waals surface area contributed by atoms with Crippen molar-refractivity contribution >= 4 is 5.97 Å². The minimum atomic E-state index is -0.340. The van der Waals surface area contributed by atoms with Crippen LogP contribution in [0, 0.1) is 0 Å². The van der Waals surface area contributed by atoms with E-state index in [0.29, 0.717) is 0 Å². The van der Waals surface area contributed by atoms with E-state index in [1.165, 1.54) is 5.56 Å². The zero-order chi connectivity index (χ0) is 15.5. The second kappa shape index (κ2) is 6.32. The Hall–Kier alpha value is -2.13. The van der Waals surface area contributed by atoms with Crippen molar-refractivity contribution in [1.29, 1.82) is 0 Å². The number of esters is 1. The molecule has 0 spiro atoms. The van der Waals surface area contributed by atoms with Gasteiger partial charge in [-0.2, -0.15) is 0 Å². The molecule has 0 bridgehead atoms. The number of ether oxygens (including phenoxy) is 1. The van der Waals surface area contributed by atoms with E-state index >= 15 is 0 Å². The molecular formula is C19H21NO2. The lowest BCUT2D eigenvalue weighted by Crippen LogP contribution is -2.52. The Bertz CT molecular complexity index is 626. The van der Waals surface area contributed by atoms with Gasteiger partial charge in [-0.05, 0) is 25.0 Å². The molecule has 0 aromatic heterocycles. The van der Waals surface area contributed by atoms with Crippen molar-refractivity contribution in [2.24, 2.45) is 0 Å². The number of hydrogen-bond donors (Lipinski definition) is 0. The Labute approximate surface area is 131 Å². The zero-order valence-electron chi connectivity index (χ0n) is 13.0. The second-order valence-corrected chi connectivity index (χ2v) is 5.85. The number of rotatable bonds is 3. The lowest BCUT2D eigenvalue weighted by Gasteiger charge is -2.42. The third-order valence-electron chi connectivity index (χ3n) is 4.38. The van der Waals surface area contributed by atoms with Crippen molar-refractivity contribution in [1.82, 2.24) is 4.90 Å². The first kappa shape index (κ1) is 14.8. The molecule has 114 valence electrons. The molecule has 0 radical (unpaired) electrons. The molecule has 1 aliphatic heterocycles. The Balaban J connectivity index is 1.94. The predicted molar refractivity (Wildman–Crippen MR) is 86.2 cm³/mol. The quantitative estimate of drug-likeness (QED) is 0.811. The number of morpholine rings is 1. The summed E-state index contributed by atoms with van der Waals surface area (Å²) in [4.78, 5) is 14.7. The van der Waals surface area contributed by atoms with Gasteiger partial charge in [0.05, 0.1) is 0 Å². The maximum atomic E-state index is 12.5. The highest BCUT2D eigenvalue weighted by molar-refractivity contribution is 5.78. The Morgan fingerprint density at radius 2 is 1.55 bits per heavy atom. The van der Waals surface area contributed by atoms with Crippen molar-refractivity contribution in [3.05, 3.63) is 71.8 Å². The average Bonchev–Trinajstić information content (AvgIpc) is 2.54. The number of cyclic esters (lactones) is 1. The van der Waals surface area contributed by atoms with E-state index in [2.05, 4.69) is 24.0 Å². The smallest absolute Gasteiger partial charge is 0.328 e. The van der Waals surface area contributed by atoms with Crippen LogP contribution in [0.2, 0.25) is 0 Å². The summed E-state index contributed by atoms with van der Waals surface area (Å²) in [5.41, 5.74) is 2.19. The van der Waals surface area contributed by atoms with E-state index in [4.69, 9.17) is 4.74 Å². The van der Waals surface area contributed by atoms with Gasteiger partial charge >= 0.3 is 5.97 Å². The topological polar surface area (TPSA) is 29.5 Å². The van der Waals surface area contributed by atoms with Gasteiger partial charge in [0.1, 0.15) is 12.1 Å². The normalized spacial score (nSPS) is 25.7. The fraction of sp³-hybridized carbons (Fsp3) is 0.316. The Kier molecular flexibility index (Phi) is 4.25. The van der Waals surface area contributed by atoms with Gasteiger partial charge in [0.25, 0.3) is 0 Å². The second-order valence-electron chi connectivity index (χ2n) is 5.85. The first-order chi connectivity index (χ1) is 10.7. The van der Waals surface area contributed by atoms with Crippen LogP contribution in [0.3, 0.4) is 0 Å². The van der Waals surface area contributed by atoms with Gasteiger partial charge in [0.2, 0.25) is 0 Å². The summed E-state index contributed by atoms with van der Waals surface area (Å²) in [5, 5.41) is 0. The molecule has 3 atom stereocenters. The Morgan fingerprint density at radius 1 is 0.955 bits per heavy atom. The van der Waals surface area contributed by atoms with Crippen LogP contribution in [0.4, 0.5) is 0 Å². The largest absolute Gasteiger partial charge is 0.460 e. The van der Waals surface area contributed by atoms with Crippen LogP contribution in [0.25, 0.3) is 0 Å². The molecule has 0 amide bonds. The number of benzene rings is 2. The number of hydrogen-bond acceptors (Lipinski definition) is 3. The summed E-state index contributed by atoms with van der Waals surface area (Å²) in [6, 6.07) is 20.0. The highest BCUT2D eigenvalue weighted by Crippen LogP contribution is 2.32. The standard InChI is InChI=1S/C19H21NO2/c1-14-15(2)22-19(21)18(17-11-7-4-8-12-17)20(14)13-16-9-5-3-6-10-16/h3-12,14-15,18H,13H2,1-2H3/t14-,15+,18+/m1/s1. The van der Waals surface area contributed by atoms with Gasteiger partial charge in [-0.25, -0.2) is 4.79 Å². The maximum absolute atomic E-state index is 12.5. The first-order valence-corrected chi connectivity index (χ1v) is 7.72. The van der Waals surface area contributed by atoms with Crippen molar-refractivity contribution in [3.63, 3.8) is 0 Å². The van der Waals surface area contributed by atoms with E-state index < -0.39 is 0 Å². The highest BCUT2D eigenvalue weighted by atomic mass is 16.5. The van der Waals surface area contributed by atoms with Crippen LogP contribution < -0.4 is 0 Å². The molecule has 2 aromatic carbocycles. The van der Waals surface area contributed by atoms with Crippen molar-refractivity contribution in [2.45, 2.75) is 38.6 Å². The molecule has 1 heterocycles. The molecule has 1 fully saturated rings. The SMILES string of the molecule is C[C@@H]1OC(=O)[C@H](c2ccccc2)N(Cc2ccccc2)[C@@H]1C. The Morgan fingerprint density at radius 3 is 2.18 bits per heavy atom. The molecule has 0 unspecified atom stereocenters. The van der Waals surface area contributed by atoms with E-state index in [0.717, 1.165) is 12.1 Å². The summed E-state index contributed by atoms with van der Waals surface area (Å²) >= 11 is 0. The summed E-state index contributed by atoms with van der Waals surface area (Å²) in [5.74, 6) is -0.160. The van der Waals surface area contributed by atoms with Crippen molar-refractivity contribution < 1.29 is 9.53 Å². The first-order valence-electron chi connectivity index (χ1n) is 7.72. The van der Waals surface area contributed by atoms with Crippen LogP contribution in [0.1, 0.15) is 31.0 Å². The lowest BCUT2D eigenvalue weighted by atomic mass is 9.98. The molecule has 2 aromatic rings. The van der Waals surface area contributed by atoms with E-state index in [-0.39, 0.29) is 24.2 Å². The fourth-order valence-corrected chi connectivity index (χ4v) is 2.98. The fourth-order valence-electron chi connectivity index (χ4n) is 2.98. The molecule has 0 aliphatic carbocycles. The monoisotopic (exact) mass is 295 g/mol. The van der Waals surface area contributed by atoms with Crippen LogP contribution >= 0.6 is 0 Å². The van der Waals surface area contributed by atoms with Crippen LogP contribution in [-0.2, 0) is 16.1 Å². The number of carbonyl (C=O) groups is 1. The van der Waals surface area contributed by atoms with Gasteiger partial charge in [-0.15, -0.1) is 0 Å². The molecular weight excluding hydrogens is 274 g/mol. The highest BCUT2D eigenvalue weighted by Gasteiger charge is 2.40.